The zero-order chi connectivity index (χ0) is 14.7. The number of rotatable bonds is 5. The molecule has 1 N–H and O–H groups in total. The van der Waals surface area contributed by atoms with Crippen LogP contribution in [0.3, 0.4) is 0 Å². The molecule has 0 fully saturated rings. The molecule has 1 aromatic carbocycles. The summed E-state index contributed by atoms with van der Waals surface area (Å²) < 4.78 is 1.95. The summed E-state index contributed by atoms with van der Waals surface area (Å²) in [6, 6.07) is 6.35. The number of aryl methyl sites for hydroxylation is 1. The van der Waals surface area contributed by atoms with Crippen LogP contribution >= 0.6 is 11.6 Å². The smallest absolute Gasteiger partial charge is 0.0663 e. The fourth-order valence-electron chi connectivity index (χ4n) is 2.29. The van der Waals surface area contributed by atoms with Crippen LogP contribution < -0.4 is 5.32 Å². The standard InChI is InChI=1S/C16H22ClN3/c1-5-8-18-12(3)15-10-19-20(13(15)4)14-7-6-11(2)16(17)9-14/h6-7,9-10,12,18H,5,8H2,1-4H3. The van der Waals surface area contributed by atoms with E-state index >= 15 is 0 Å². The fourth-order valence-corrected chi connectivity index (χ4v) is 2.47. The van der Waals surface area contributed by atoms with Crippen LogP contribution in [0.2, 0.25) is 5.02 Å². The van der Waals surface area contributed by atoms with E-state index in [1.165, 1.54) is 5.56 Å². The highest BCUT2D eigenvalue weighted by Crippen LogP contribution is 2.23. The predicted molar refractivity (Wildman–Crippen MR) is 84.8 cm³/mol. The molecule has 0 amide bonds. The molecule has 3 nitrogen and oxygen atoms in total. The molecule has 1 aromatic heterocycles. The van der Waals surface area contributed by atoms with Crippen molar-refractivity contribution in [2.75, 3.05) is 6.54 Å². The van der Waals surface area contributed by atoms with Gasteiger partial charge in [-0.3, -0.25) is 0 Å². The normalized spacial score (nSPS) is 12.7. The van der Waals surface area contributed by atoms with E-state index in [0.717, 1.165) is 34.9 Å². The maximum Gasteiger partial charge on any atom is 0.0663 e. The Morgan fingerprint density at radius 2 is 2.10 bits per heavy atom. The van der Waals surface area contributed by atoms with Gasteiger partial charge in [0.15, 0.2) is 0 Å². The number of benzene rings is 1. The van der Waals surface area contributed by atoms with Crippen molar-refractivity contribution in [1.82, 2.24) is 15.1 Å². The van der Waals surface area contributed by atoms with Gasteiger partial charge in [0.1, 0.15) is 0 Å². The SMILES string of the molecule is CCCNC(C)c1cnn(-c2ccc(C)c(Cl)c2)c1C. The molecule has 0 aliphatic heterocycles. The van der Waals surface area contributed by atoms with E-state index in [9.17, 15) is 0 Å². The van der Waals surface area contributed by atoms with E-state index in [2.05, 4.69) is 37.3 Å². The van der Waals surface area contributed by atoms with Crippen LogP contribution in [-0.2, 0) is 0 Å². The third-order valence-corrected chi connectivity index (χ3v) is 4.02. The van der Waals surface area contributed by atoms with Crippen LogP contribution in [-0.4, -0.2) is 16.3 Å². The first-order chi connectivity index (χ1) is 9.54. The highest BCUT2D eigenvalue weighted by molar-refractivity contribution is 6.31. The Hall–Kier alpha value is -1.32. The molecule has 0 aliphatic rings. The molecule has 0 saturated heterocycles. The second-order valence-corrected chi connectivity index (χ2v) is 5.61. The van der Waals surface area contributed by atoms with Crippen molar-refractivity contribution in [1.29, 1.82) is 0 Å². The van der Waals surface area contributed by atoms with Crippen molar-refractivity contribution in [2.24, 2.45) is 0 Å². The Morgan fingerprint density at radius 3 is 2.75 bits per heavy atom. The summed E-state index contributed by atoms with van der Waals surface area (Å²) in [6.45, 7) is 9.46. The number of halogens is 1. The van der Waals surface area contributed by atoms with Crippen LogP contribution in [0.1, 0.15) is 43.1 Å². The predicted octanol–water partition coefficient (Wildman–Crippen LogP) is 4.20. The van der Waals surface area contributed by atoms with Gasteiger partial charge in [-0.1, -0.05) is 24.6 Å². The van der Waals surface area contributed by atoms with Gasteiger partial charge in [-0.05, 0) is 51.4 Å². The lowest BCUT2D eigenvalue weighted by molar-refractivity contribution is 0.568. The topological polar surface area (TPSA) is 29.9 Å². The Labute approximate surface area is 126 Å². The van der Waals surface area contributed by atoms with Crippen molar-refractivity contribution >= 4 is 11.6 Å². The monoisotopic (exact) mass is 291 g/mol. The molecule has 1 unspecified atom stereocenters. The van der Waals surface area contributed by atoms with Crippen LogP contribution in [0.4, 0.5) is 0 Å². The second-order valence-electron chi connectivity index (χ2n) is 5.21. The number of hydrogen-bond acceptors (Lipinski definition) is 2. The van der Waals surface area contributed by atoms with Gasteiger partial charge in [0, 0.05) is 22.3 Å². The van der Waals surface area contributed by atoms with Gasteiger partial charge >= 0.3 is 0 Å². The lowest BCUT2D eigenvalue weighted by atomic mass is 10.1. The summed E-state index contributed by atoms with van der Waals surface area (Å²) in [5.74, 6) is 0. The van der Waals surface area contributed by atoms with E-state index in [0.29, 0.717) is 6.04 Å². The van der Waals surface area contributed by atoms with E-state index in [4.69, 9.17) is 11.6 Å². The molecule has 0 bridgehead atoms. The Bertz CT molecular complexity index is 589. The third-order valence-electron chi connectivity index (χ3n) is 3.61. The van der Waals surface area contributed by atoms with Crippen molar-refractivity contribution in [3.8, 4) is 5.69 Å². The Morgan fingerprint density at radius 1 is 1.35 bits per heavy atom. The zero-order valence-corrected chi connectivity index (χ0v) is 13.3. The molecule has 1 heterocycles. The second kappa shape index (κ2) is 6.42. The molecule has 20 heavy (non-hydrogen) atoms. The number of nitrogens with zero attached hydrogens (tertiary/aromatic N) is 2. The summed E-state index contributed by atoms with van der Waals surface area (Å²) in [7, 11) is 0. The van der Waals surface area contributed by atoms with Gasteiger partial charge < -0.3 is 5.32 Å². The van der Waals surface area contributed by atoms with Crippen molar-refractivity contribution < 1.29 is 0 Å². The molecule has 4 heteroatoms. The van der Waals surface area contributed by atoms with Crippen LogP contribution in [0.25, 0.3) is 5.69 Å². The van der Waals surface area contributed by atoms with Crippen LogP contribution in [0.5, 0.6) is 0 Å². The van der Waals surface area contributed by atoms with E-state index in [1.54, 1.807) is 0 Å². The average molecular weight is 292 g/mol. The maximum absolute atomic E-state index is 6.20. The molecular formula is C16H22ClN3. The molecule has 2 aromatic rings. The van der Waals surface area contributed by atoms with Gasteiger partial charge in [-0.25, -0.2) is 4.68 Å². The van der Waals surface area contributed by atoms with Crippen LogP contribution in [0.15, 0.2) is 24.4 Å². The molecule has 2 rings (SSSR count). The molecule has 0 radical (unpaired) electrons. The van der Waals surface area contributed by atoms with Crippen molar-refractivity contribution in [3.05, 3.63) is 46.2 Å². The number of hydrogen-bond donors (Lipinski definition) is 1. The molecular weight excluding hydrogens is 270 g/mol. The molecule has 0 saturated carbocycles. The maximum atomic E-state index is 6.20. The molecule has 0 spiro atoms. The van der Waals surface area contributed by atoms with E-state index in [1.807, 2.05) is 29.9 Å². The minimum absolute atomic E-state index is 0.310. The van der Waals surface area contributed by atoms with Crippen molar-refractivity contribution in [2.45, 2.75) is 40.2 Å². The minimum Gasteiger partial charge on any atom is -0.310 e. The molecule has 1 atom stereocenters. The first-order valence-corrected chi connectivity index (χ1v) is 7.46. The Kier molecular flexibility index (Phi) is 4.84. The van der Waals surface area contributed by atoms with Gasteiger partial charge in [0.05, 0.1) is 11.9 Å². The number of nitrogens with one attached hydrogen (secondary N) is 1. The summed E-state index contributed by atoms with van der Waals surface area (Å²) in [6.07, 6.45) is 3.07. The van der Waals surface area contributed by atoms with Gasteiger partial charge in [-0.2, -0.15) is 5.10 Å². The lowest BCUT2D eigenvalue weighted by Gasteiger charge is -2.13. The summed E-state index contributed by atoms with van der Waals surface area (Å²) in [5, 5.41) is 8.77. The zero-order valence-electron chi connectivity index (χ0n) is 12.6. The quantitative estimate of drug-likeness (QED) is 0.894. The highest BCUT2D eigenvalue weighted by Gasteiger charge is 2.14. The average Bonchev–Trinajstić information content (AvgIpc) is 2.81. The molecule has 108 valence electrons. The first kappa shape index (κ1) is 15.1. The molecule has 0 aliphatic carbocycles. The van der Waals surface area contributed by atoms with E-state index < -0.39 is 0 Å². The minimum atomic E-state index is 0.310. The first-order valence-electron chi connectivity index (χ1n) is 7.09. The fraction of sp³-hybridized carbons (Fsp3) is 0.438. The van der Waals surface area contributed by atoms with Gasteiger partial charge in [0.25, 0.3) is 0 Å². The summed E-state index contributed by atoms with van der Waals surface area (Å²) in [4.78, 5) is 0. The summed E-state index contributed by atoms with van der Waals surface area (Å²) >= 11 is 6.20. The third kappa shape index (κ3) is 3.05. The van der Waals surface area contributed by atoms with Gasteiger partial charge in [0.2, 0.25) is 0 Å². The summed E-state index contributed by atoms with van der Waals surface area (Å²) in [5.41, 5.74) is 4.47. The van der Waals surface area contributed by atoms with Crippen LogP contribution in [0, 0.1) is 13.8 Å². The lowest BCUT2D eigenvalue weighted by Crippen LogP contribution is -2.19. The van der Waals surface area contributed by atoms with Gasteiger partial charge in [-0.15, -0.1) is 0 Å². The van der Waals surface area contributed by atoms with E-state index in [-0.39, 0.29) is 0 Å². The Balaban J connectivity index is 2.30. The largest absolute Gasteiger partial charge is 0.310 e. The number of aromatic nitrogens is 2. The van der Waals surface area contributed by atoms with Crippen molar-refractivity contribution in [3.63, 3.8) is 0 Å². The highest BCUT2D eigenvalue weighted by atomic mass is 35.5.